The van der Waals surface area contributed by atoms with Crippen LogP contribution in [-0.4, -0.2) is 45.6 Å². The number of thiophene rings is 1. The zero-order valence-electron chi connectivity index (χ0n) is 20.9. The van der Waals surface area contributed by atoms with Crippen molar-refractivity contribution in [1.82, 2.24) is 10.3 Å². The van der Waals surface area contributed by atoms with Gasteiger partial charge in [-0.05, 0) is 42.1 Å². The molecule has 0 saturated carbocycles. The molecule has 0 aliphatic carbocycles. The van der Waals surface area contributed by atoms with E-state index >= 15 is 0 Å². The Kier molecular flexibility index (Phi) is 7.75. The molecule has 0 radical (unpaired) electrons. The molecule has 0 spiro atoms. The Balaban J connectivity index is 1.26. The highest BCUT2D eigenvalue weighted by Crippen LogP contribution is 2.33. The third-order valence-electron chi connectivity index (χ3n) is 6.27. The van der Waals surface area contributed by atoms with Gasteiger partial charge in [0.25, 0.3) is 15.9 Å². The Bertz CT molecular complexity index is 1600. The quantitative estimate of drug-likeness (QED) is 0.266. The summed E-state index contributed by atoms with van der Waals surface area (Å²) in [5.41, 5.74) is 0.683. The molecule has 0 bridgehead atoms. The van der Waals surface area contributed by atoms with Crippen LogP contribution < -0.4 is 19.7 Å². The van der Waals surface area contributed by atoms with E-state index in [1.54, 1.807) is 22.9 Å². The van der Waals surface area contributed by atoms with Gasteiger partial charge in [0.1, 0.15) is 9.96 Å². The molecule has 1 aliphatic rings. The number of rotatable bonds is 8. The predicted octanol–water partition coefficient (Wildman–Crippen LogP) is 5.71. The lowest BCUT2D eigenvalue weighted by molar-refractivity contribution is -0.137. The Morgan fingerprint density at radius 1 is 1.12 bits per heavy atom. The molecule has 210 valence electrons. The first-order valence-corrected chi connectivity index (χ1v) is 15.2. The summed E-state index contributed by atoms with van der Waals surface area (Å²) in [6.07, 6.45) is -3.77. The van der Waals surface area contributed by atoms with Crippen LogP contribution in [0.1, 0.15) is 22.3 Å². The lowest BCUT2D eigenvalue weighted by Crippen LogP contribution is -2.37. The molecule has 2 aromatic carbocycles. The van der Waals surface area contributed by atoms with E-state index in [0.717, 1.165) is 23.5 Å². The van der Waals surface area contributed by atoms with Gasteiger partial charge in [0.2, 0.25) is 0 Å². The van der Waals surface area contributed by atoms with Crippen LogP contribution in [0.3, 0.4) is 0 Å². The number of hydrogen-bond acceptors (Lipinski definition) is 8. The van der Waals surface area contributed by atoms with Crippen molar-refractivity contribution in [3.8, 4) is 17.0 Å². The van der Waals surface area contributed by atoms with Crippen molar-refractivity contribution in [3.05, 3.63) is 76.5 Å². The van der Waals surface area contributed by atoms with Gasteiger partial charge in [0, 0.05) is 36.1 Å². The zero-order chi connectivity index (χ0) is 28.5. The van der Waals surface area contributed by atoms with E-state index in [2.05, 4.69) is 15.0 Å². The number of ether oxygens (including phenoxy) is 1. The summed E-state index contributed by atoms with van der Waals surface area (Å²) in [5.74, 6) is -0.0527. The van der Waals surface area contributed by atoms with Crippen LogP contribution >= 0.6 is 22.7 Å². The number of carbonyl (C=O) groups is 1. The van der Waals surface area contributed by atoms with Crippen LogP contribution in [-0.2, 0) is 16.2 Å². The first kappa shape index (κ1) is 27.9. The van der Waals surface area contributed by atoms with E-state index in [9.17, 15) is 26.4 Å². The second kappa shape index (κ2) is 11.1. The highest BCUT2D eigenvalue weighted by Gasteiger charge is 2.31. The van der Waals surface area contributed by atoms with Gasteiger partial charge in [-0.3, -0.25) is 9.52 Å². The molecular weight excluding hydrogens is 586 g/mol. The van der Waals surface area contributed by atoms with Crippen molar-refractivity contribution >= 4 is 49.4 Å². The molecule has 3 heterocycles. The topological polar surface area (TPSA) is 101 Å². The Hall–Kier alpha value is -3.62. The number of nitrogens with one attached hydrogen (secondary N) is 2. The van der Waals surface area contributed by atoms with Gasteiger partial charge in [-0.1, -0.05) is 18.2 Å². The number of hydrogen-bond donors (Lipinski definition) is 2. The second-order valence-electron chi connectivity index (χ2n) is 8.94. The Morgan fingerprint density at radius 2 is 1.90 bits per heavy atom. The minimum atomic E-state index is -4.40. The van der Waals surface area contributed by atoms with Crippen LogP contribution in [0, 0.1) is 0 Å². The molecule has 8 nitrogen and oxygen atoms in total. The maximum Gasteiger partial charge on any atom is 0.416 e. The van der Waals surface area contributed by atoms with E-state index in [1.807, 2.05) is 4.90 Å². The Morgan fingerprint density at radius 3 is 2.58 bits per heavy atom. The fraction of sp³-hybridized carbons (Fsp3) is 0.231. The van der Waals surface area contributed by atoms with Gasteiger partial charge in [0.15, 0.2) is 5.13 Å². The minimum absolute atomic E-state index is 0.0983. The predicted molar refractivity (Wildman–Crippen MR) is 149 cm³/mol. The van der Waals surface area contributed by atoms with E-state index in [1.165, 1.54) is 48.8 Å². The molecule has 1 fully saturated rings. The first-order chi connectivity index (χ1) is 19.0. The van der Waals surface area contributed by atoms with E-state index < -0.39 is 27.7 Å². The number of aromatic nitrogens is 1. The molecule has 40 heavy (non-hydrogen) atoms. The monoisotopic (exact) mass is 608 g/mol. The number of benzene rings is 2. The summed E-state index contributed by atoms with van der Waals surface area (Å²) in [6, 6.07) is 12.3. The van der Waals surface area contributed by atoms with E-state index in [0.29, 0.717) is 41.6 Å². The number of nitrogens with zero attached hydrogens (tertiary/aromatic N) is 2. The summed E-state index contributed by atoms with van der Waals surface area (Å²) in [5, 5.41) is 7.10. The lowest BCUT2D eigenvalue weighted by Gasteiger charge is -2.17. The number of thiazole rings is 1. The van der Waals surface area contributed by atoms with Gasteiger partial charge in [-0.15, -0.1) is 22.7 Å². The Labute approximate surface area is 236 Å². The standard InChI is InChI=1S/C26H23F3N4O4S3/c1-37-19-8-9-20(21(13-19)32-40(35,36)23-3-2-12-38-23)24(34)30-18-10-11-33(14-18)25-31-22(15-39-25)16-4-6-17(7-5-16)26(27,28)29/h2-9,12-13,15,18,32H,10-11,14H2,1H3,(H,30,34). The SMILES string of the molecule is COc1ccc(C(=O)NC2CCN(c3nc(-c4ccc(C(F)(F)F)cc4)cs3)C2)c(NS(=O)(=O)c2cccs2)c1. The average Bonchev–Trinajstić information content (AvgIpc) is 3.70. The number of alkyl halides is 3. The van der Waals surface area contributed by atoms with Crippen LogP contribution in [0.15, 0.2) is 69.6 Å². The number of amides is 1. The van der Waals surface area contributed by atoms with Crippen LogP contribution in [0.25, 0.3) is 11.3 Å². The van der Waals surface area contributed by atoms with Crippen molar-refractivity contribution < 1.29 is 31.1 Å². The third-order valence-corrected chi connectivity index (χ3v) is 9.93. The molecule has 2 aromatic heterocycles. The summed E-state index contributed by atoms with van der Waals surface area (Å²) in [4.78, 5) is 19.8. The maximum atomic E-state index is 13.2. The number of methoxy groups -OCH3 is 1. The third kappa shape index (κ3) is 6.08. The minimum Gasteiger partial charge on any atom is -0.497 e. The molecule has 5 rings (SSSR count). The summed E-state index contributed by atoms with van der Waals surface area (Å²) >= 11 is 2.43. The van der Waals surface area contributed by atoms with Crippen molar-refractivity contribution in [2.24, 2.45) is 0 Å². The van der Waals surface area contributed by atoms with Crippen molar-refractivity contribution in [2.45, 2.75) is 22.8 Å². The molecule has 14 heteroatoms. The number of anilines is 2. The number of carbonyl (C=O) groups excluding carboxylic acids is 1. The van der Waals surface area contributed by atoms with Gasteiger partial charge >= 0.3 is 6.18 Å². The summed E-state index contributed by atoms with van der Waals surface area (Å²) < 4.78 is 72.1. The smallest absolute Gasteiger partial charge is 0.416 e. The molecular formula is C26H23F3N4O4S3. The normalized spacial score (nSPS) is 15.7. The number of halogens is 3. The summed E-state index contributed by atoms with van der Waals surface area (Å²) in [6.45, 7) is 1.09. The molecule has 1 unspecified atom stereocenters. The summed E-state index contributed by atoms with van der Waals surface area (Å²) in [7, 11) is -2.45. The van der Waals surface area contributed by atoms with Crippen LogP contribution in [0.2, 0.25) is 0 Å². The van der Waals surface area contributed by atoms with Crippen molar-refractivity contribution in [3.63, 3.8) is 0 Å². The highest BCUT2D eigenvalue weighted by molar-refractivity contribution is 7.94. The van der Waals surface area contributed by atoms with Crippen molar-refractivity contribution in [2.75, 3.05) is 29.8 Å². The molecule has 1 aliphatic heterocycles. The molecule has 1 atom stereocenters. The second-order valence-corrected chi connectivity index (χ2v) is 12.6. The van der Waals surface area contributed by atoms with E-state index in [-0.39, 0.29) is 21.5 Å². The molecule has 4 aromatic rings. The molecule has 2 N–H and O–H groups in total. The fourth-order valence-corrected chi connectivity index (χ4v) is 7.17. The largest absolute Gasteiger partial charge is 0.497 e. The van der Waals surface area contributed by atoms with Gasteiger partial charge < -0.3 is 15.0 Å². The van der Waals surface area contributed by atoms with E-state index in [4.69, 9.17) is 4.74 Å². The highest BCUT2D eigenvalue weighted by atomic mass is 32.2. The molecule has 1 saturated heterocycles. The zero-order valence-corrected chi connectivity index (χ0v) is 23.4. The van der Waals surface area contributed by atoms with Gasteiger partial charge in [0.05, 0.1) is 29.6 Å². The van der Waals surface area contributed by atoms with Gasteiger partial charge in [-0.25, -0.2) is 13.4 Å². The molecule has 1 amide bonds. The number of sulfonamides is 1. The van der Waals surface area contributed by atoms with Crippen LogP contribution in [0.4, 0.5) is 24.0 Å². The van der Waals surface area contributed by atoms with Gasteiger partial charge in [-0.2, -0.15) is 13.2 Å². The van der Waals surface area contributed by atoms with Crippen LogP contribution in [0.5, 0.6) is 5.75 Å². The average molecular weight is 609 g/mol. The van der Waals surface area contributed by atoms with Crippen molar-refractivity contribution in [1.29, 1.82) is 0 Å². The fourth-order valence-electron chi connectivity index (χ4n) is 4.23. The lowest BCUT2D eigenvalue weighted by atomic mass is 10.1. The maximum absolute atomic E-state index is 13.2. The first-order valence-electron chi connectivity index (χ1n) is 12.0.